The van der Waals surface area contributed by atoms with Gasteiger partial charge in [-0.25, -0.2) is 8.42 Å². The van der Waals surface area contributed by atoms with E-state index in [-0.39, 0.29) is 17.3 Å². The molecule has 0 aliphatic rings. The van der Waals surface area contributed by atoms with Gasteiger partial charge in [-0.1, -0.05) is 61.9 Å². The van der Waals surface area contributed by atoms with E-state index in [9.17, 15) is 18.0 Å². The van der Waals surface area contributed by atoms with Crippen LogP contribution in [0.25, 0.3) is 0 Å². The third-order valence-corrected chi connectivity index (χ3v) is 7.93. The largest absolute Gasteiger partial charge is 0.497 e. The number of anilines is 1. The zero-order chi connectivity index (χ0) is 27.5. The summed E-state index contributed by atoms with van der Waals surface area (Å²) >= 11 is 0. The SMILES string of the molecule is CCCCNC(=O)[C@H](C)N(Cc1cccc(OC)c1)C(=O)CN(c1ccccc1)S(=O)(=O)c1ccccc1. The summed E-state index contributed by atoms with van der Waals surface area (Å²) in [6.45, 7) is 3.81. The lowest BCUT2D eigenvalue weighted by molar-refractivity contribution is -0.139. The van der Waals surface area contributed by atoms with Crippen molar-refractivity contribution in [3.05, 3.63) is 90.5 Å². The summed E-state index contributed by atoms with van der Waals surface area (Å²) in [6.07, 6.45) is 1.74. The van der Waals surface area contributed by atoms with Crippen LogP contribution in [0.2, 0.25) is 0 Å². The predicted octanol–water partition coefficient (Wildman–Crippen LogP) is 4.22. The molecular weight excluding hydrogens is 502 g/mol. The van der Waals surface area contributed by atoms with Crippen molar-refractivity contribution in [1.82, 2.24) is 10.2 Å². The van der Waals surface area contributed by atoms with Crippen LogP contribution in [0.5, 0.6) is 5.75 Å². The lowest BCUT2D eigenvalue weighted by atomic mass is 10.1. The molecule has 3 rings (SSSR count). The number of carbonyl (C=O) groups excluding carboxylic acids is 2. The minimum Gasteiger partial charge on any atom is -0.497 e. The Kier molecular flexibility index (Phi) is 10.3. The van der Waals surface area contributed by atoms with Gasteiger partial charge < -0.3 is 15.0 Å². The van der Waals surface area contributed by atoms with Gasteiger partial charge in [0.1, 0.15) is 18.3 Å². The molecule has 0 heterocycles. The van der Waals surface area contributed by atoms with Crippen molar-refractivity contribution in [2.24, 2.45) is 0 Å². The summed E-state index contributed by atoms with van der Waals surface area (Å²) in [7, 11) is -2.51. The number of nitrogens with zero attached hydrogens (tertiary/aromatic N) is 2. The molecule has 9 heteroatoms. The smallest absolute Gasteiger partial charge is 0.264 e. The van der Waals surface area contributed by atoms with E-state index in [1.807, 2.05) is 13.0 Å². The van der Waals surface area contributed by atoms with Crippen molar-refractivity contribution in [3.8, 4) is 5.75 Å². The highest BCUT2D eigenvalue weighted by Crippen LogP contribution is 2.24. The molecule has 8 nitrogen and oxygen atoms in total. The Morgan fingerprint density at radius 2 is 1.61 bits per heavy atom. The van der Waals surface area contributed by atoms with Crippen LogP contribution in [0.3, 0.4) is 0 Å². The molecule has 3 aromatic rings. The Hall–Kier alpha value is -3.85. The monoisotopic (exact) mass is 537 g/mol. The molecule has 1 atom stereocenters. The van der Waals surface area contributed by atoms with E-state index in [2.05, 4.69) is 5.32 Å². The molecule has 202 valence electrons. The van der Waals surface area contributed by atoms with Crippen molar-refractivity contribution >= 4 is 27.5 Å². The normalized spacial score (nSPS) is 11.9. The Morgan fingerprint density at radius 3 is 2.24 bits per heavy atom. The maximum absolute atomic E-state index is 13.8. The summed E-state index contributed by atoms with van der Waals surface area (Å²) in [5.41, 5.74) is 1.11. The van der Waals surface area contributed by atoms with Crippen molar-refractivity contribution in [2.45, 2.75) is 44.2 Å². The van der Waals surface area contributed by atoms with Crippen LogP contribution in [0.1, 0.15) is 32.3 Å². The first kappa shape index (κ1) is 28.7. The van der Waals surface area contributed by atoms with Gasteiger partial charge in [0.2, 0.25) is 11.8 Å². The van der Waals surface area contributed by atoms with E-state index < -0.39 is 28.5 Å². The van der Waals surface area contributed by atoms with Crippen LogP contribution in [0.15, 0.2) is 89.8 Å². The Bertz CT molecular complexity index is 1300. The number of amides is 2. The lowest BCUT2D eigenvalue weighted by Crippen LogP contribution is -2.51. The van der Waals surface area contributed by atoms with Gasteiger partial charge in [0, 0.05) is 13.1 Å². The number of benzene rings is 3. The third-order valence-electron chi connectivity index (χ3n) is 6.14. The van der Waals surface area contributed by atoms with Crippen molar-refractivity contribution in [3.63, 3.8) is 0 Å². The van der Waals surface area contributed by atoms with Gasteiger partial charge in [0.15, 0.2) is 0 Å². The first-order valence-corrected chi connectivity index (χ1v) is 14.0. The molecule has 0 spiro atoms. The highest BCUT2D eigenvalue weighted by atomic mass is 32.2. The van der Waals surface area contributed by atoms with Crippen molar-refractivity contribution in [2.75, 3.05) is 24.5 Å². The van der Waals surface area contributed by atoms with Gasteiger partial charge in [0.25, 0.3) is 10.0 Å². The van der Waals surface area contributed by atoms with Gasteiger partial charge in [-0.3, -0.25) is 13.9 Å². The average molecular weight is 538 g/mol. The molecule has 0 radical (unpaired) electrons. The zero-order valence-electron chi connectivity index (χ0n) is 22.0. The van der Waals surface area contributed by atoms with Gasteiger partial charge in [-0.05, 0) is 55.3 Å². The molecule has 0 fully saturated rings. The second-order valence-electron chi connectivity index (χ2n) is 8.85. The van der Waals surface area contributed by atoms with E-state index in [0.717, 1.165) is 22.7 Å². The summed E-state index contributed by atoms with van der Waals surface area (Å²) in [5, 5.41) is 2.88. The number of methoxy groups -OCH3 is 1. The van der Waals surface area contributed by atoms with Crippen LogP contribution in [0.4, 0.5) is 5.69 Å². The number of hydrogen-bond donors (Lipinski definition) is 1. The second-order valence-corrected chi connectivity index (χ2v) is 10.7. The van der Waals surface area contributed by atoms with Crippen molar-refractivity contribution < 1.29 is 22.7 Å². The maximum atomic E-state index is 13.8. The van der Waals surface area contributed by atoms with E-state index in [0.29, 0.717) is 18.0 Å². The number of para-hydroxylation sites is 1. The number of sulfonamides is 1. The first-order valence-electron chi connectivity index (χ1n) is 12.6. The third kappa shape index (κ3) is 7.35. The molecule has 2 amide bonds. The Balaban J connectivity index is 1.97. The van der Waals surface area contributed by atoms with Crippen LogP contribution in [-0.4, -0.2) is 51.4 Å². The van der Waals surface area contributed by atoms with Gasteiger partial charge in [-0.15, -0.1) is 0 Å². The molecule has 0 aromatic heterocycles. The predicted molar refractivity (Wildman–Crippen MR) is 148 cm³/mol. The second kappa shape index (κ2) is 13.6. The number of ether oxygens (including phenoxy) is 1. The van der Waals surface area contributed by atoms with Crippen molar-refractivity contribution in [1.29, 1.82) is 0 Å². The molecule has 0 saturated carbocycles. The van der Waals surface area contributed by atoms with E-state index in [1.165, 1.54) is 17.0 Å². The van der Waals surface area contributed by atoms with Gasteiger partial charge in [-0.2, -0.15) is 0 Å². The molecule has 1 N–H and O–H groups in total. The topological polar surface area (TPSA) is 96.0 Å². The van der Waals surface area contributed by atoms with Crippen LogP contribution >= 0.6 is 0 Å². The van der Waals surface area contributed by atoms with Gasteiger partial charge in [0.05, 0.1) is 17.7 Å². The van der Waals surface area contributed by atoms with E-state index >= 15 is 0 Å². The fourth-order valence-corrected chi connectivity index (χ4v) is 5.36. The Labute approximate surface area is 225 Å². The molecule has 0 saturated heterocycles. The van der Waals surface area contributed by atoms with E-state index in [1.54, 1.807) is 80.8 Å². The minimum atomic E-state index is -4.06. The number of carbonyl (C=O) groups is 2. The summed E-state index contributed by atoms with van der Waals surface area (Å²) in [5.74, 6) is -0.186. The fraction of sp³-hybridized carbons (Fsp3) is 0.310. The molecule has 0 aliphatic heterocycles. The summed E-state index contributed by atoms with van der Waals surface area (Å²) < 4.78 is 33.7. The number of hydrogen-bond acceptors (Lipinski definition) is 5. The molecule has 3 aromatic carbocycles. The van der Waals surface area contributed by atoms with Gasteiger partial charge >= 0.3 is 0 Å². The minimum absolute atomic E-state index is 0.0707. The summed E-state index contributed by atoms with van der Waals surface area (Å²) in [4.78, 5) is 28.3. The number of rotatable bonds is 13. The quantitative estimate of drug-likeness (QED) is 0.329. The molecule has 0 bridgehead atoms. The molecule has 38 heavy (non-hydrogen) atoms. The fourth-order valence-electron chi connectivity index (χ4n) is 3.93. The lowest BCUT2D eigenvalue weighted by Gasteiger charge is -2.32. The maximum Gasteiger partial charge on any atom is 0.264 e. The number of unbranched alkanes of at least 4 members (excludes halogenated alkanes) is 1. The standard InChI is InChI=1S/C29H35N3O5S/c1-4-5-19-30-29(34)23(2)31(21-24-13-12-16-26(20-24)37-3)28(33)22-32(25-14-8-6-9-15-25)38(35,36)27-17-10-7-11-18-27/h6-18,20,23H,4-5,19,21-22H2,1-3H3,(H,30,34)/t23-/m0/s1. The molecular formula is C29H35N3O5S. The molecule has 0 unspecified atom stereocenters. The number of nitrogens with one attached hydrogen (secondary N) is 1. The van der Waals surface area contributed by atoms with Crippen LogP contribution < -0.4 is 14.4 Å². The highest BCUT2D eigenvalue weighted by Gasteiger charge is 2.32. The van der Waals surface area contributed by atoms with Crippen LogP contribution in [-0.2, 0) is 26.2 Å². The van der Waals surface area contributed by atoms with E-state index in [4.69, 9.17) is 4.74 Å². The molecule has 0 aliphatic carbocycles. The summed E-state index contributed by atoms with van der Waals surface area (Å²) in [6, 6.07) is 22.9. The van der Waals surface area contributed by atoms with Crippen LogP contribution in [0, 0.1) is 0 Å². The average Bonchev–Trinajstić information content (AvgIpc) is 2.95. The highest BCUT2D eigenvalue weighted by molar-refractivity contribution is 7.92. The first-order chi connectivity index (χ1) is 18.3. The Morgan fingerprint density at radius 1 is 0.947 bits per heavy atom. The zero-order valence-corrected chi connectivity index (χ0v) is 22.9.